The zero-order valence-corrected chi connectivity index (χ0v) is 21.5. The molecule has 1 aromatic heterocycles. The highest BCUT2D eigenvalue weighted by atomic mass is 16.4. The van der Waals surface area contributed by atoms with Crippen LogP contribution >= 0.6 is 0 Å². The van der Waals surface area contributed by atoms with E-state index in [0.29, 0.717) is 31.4 Å². The van der Waals surface area contributed by atoms with Crippen molar-refractivity contribution in [2.24, 2.45) is 17.2 Å². The van der Waals surface area contributed by atoms with Crippen molar-refractivity contribution in [3.8, 4) is 0 Å². The predicted molar refractivity (Wildman–Crippen MR) is 142 cm³/mol. The second kappa shape index (κ2) is 15.4. The van der Waals surface area contributed by atoms with Crippen molar-refractivity contribution < 1.29 is 34.2 Å². The quantitative estimate of drug-likeness (QED) is 0.0987. The number of aliphatic carboxylic acids is 1. The van der Waals surface area contributed by atoms with E-state index in [4.69, 9.17) is 17.2 Å². The molecular weight excluding hydrogens is 510 g/mol. The Hall–Kier alpha value is -4.01. The zero-order valence-electron chi connectivity index (χ0n) is 21.5. The van der Waals surface area contributed by atoms with Crippen molar-refractivity contribution in [2.45, 2.75) is 62.7 Å². The number of amides is 4. The van der Waals surface area contributed by atoms with Crippen LogP contribution in [-0.4, -0.2) is 82.1 Å². The minimum absolute atomic E-state index is 0.0566. The van der Waals surface area contributed by atoms with E-state index in [1.54, 1.807) is 12.3 Å². The summed E-state index contributed by atoms with van der Waals surface area (Å²) < 4.78 is 0. The fraction of sp³-hybridized carbons (Fsp3) is 0.480. The molecule has 0 radical (unpaired) electrons. The minimum Gasteiger partial charge on any atom is -0.480 e. The maximum absolute atomic E-state index is 13.1. The Bertz CT molecular complexity index is 1150. The van der Waals surface area contributed by atoms with Crippen LogP contribution in [0.1, 0.15) is 37.7 Å². The second-order valence-electron chi connectivity index (χ2n) is 9.16. The van der Waals surface area contributed by atoms with E-state index in [9.17, 15) is 34.2 Å². The summed E-state index contributed by atoms with van der Waals surface area (Å²) in [7, 11) is 0. The summed E-state index contributed by atoms with van der Waals surface area (Å²) in [5.74, 6) is -4.53. The van der Waals surface area contributed by atoms with E-state index in [2.05, 4.69) is 20.9 Å². The Kier molecular flexibility index (Phi) is 12.3. The molecule has 1 aromatic carbocycles. The van der Waals surface area contributed by atoms with Crippen LogP contribution in [0.25, 0.3) is 10.9 Å². The first-order valence-electron chi connectivity index (χ1n) is 12.6. The number of carboxylic acid groups (broad SMARTS) is 1. The summed E-state index contributed by atoms with van der Waals surface area (Å²) in [4.78, 5) is 64.6. The summed E-state index contributed by atoms with van der Waals surface area (Å²) in [6.45, 7) is -0.356. The Morgan fingerprint density at radius 3 is 2.18 bits per heavy atom. The maximum Gasteiger partial charge on any atom is 0.326 e. The van der Waals surface area contributed by atoms with Gasteiger partial charge in [0, 0.05) is 29.9 Å². The summed E-state index contributed by atoms with van der Waals surface area (Å²) in [5.41, 5.74) is 17.9. The highest BCUT2D eigenvalue weighted by Crippen LogP contribution is 2.19. The van der Waals surface area contributed by atoms with Gasteiger partial charge in [-0.1, -0.05) is 24.6 Å². The number of para-hydroxylation sites is 1. The van der Waals surface area contributed by atoms with E-state index in [1.165, 1.54) is 0 Å². The largest absolute Gasteiger partial charge is 0.480 e. The molecule has 0 fully saturated rings. The third-order valence-electron chi connectivity index (χ3n) is 6.15. The average molecular weight is 548 g/mol. The smallest absolute Gasteiger partial charge is 0.326 e. The molecule has 14 nitrogen and oxygen atoms in total. The lowest BCUT2D eigenvalue weighted by Gasteiger charge is -2.24. The first kappa shape index (κ1) is 31.2. The number of hydrogen-bond acceptors (Lipinski definition) is 8. The molecule has 2 rings (SSSR count). The molecular formula is C25H37N7O7. The van der Waals surface area contributed by atoms with Gasteiger partial charge in [0.25, 0.3) is 0 Å². The number of aromatic amines is 1. The topological polar surface area (TPSA) is 256 Å². The van der Waals surface area contributed by atoms with Gasteiger partial charge in [-0.3, -0.25) is 19.2 Å². The molecule has 214 valence electrons. The van der Waals surface area contributed by atoms with Gasteiger partial charge in [0.15, 0.2) is 0 Å². The van der Waals surface area contributed by atoms with Crippen LogP contribution in [-0.2, 0) is 30.4 Å². The number of carbonyl (C=O) groups is 5. The van der Waals surface area contributed by atoms with Gasteiger partial charge in [0.2, 0.25) is 23.6 Å². The Morgan fingerprint density at radius 2 is 1.54 bits per heavy atom. The molecule has 0 saturated carbocycles. The van der Waals surface area contributed by atoms with Crippen LogP contribution in [0.5, 0.6) is 0 Å². The molecule has 2 aromatic rings. The van der Waals surface area contributed by atoms with Gasteiger partial charge in [-0.25, -0.2) is 4.79 Å². The van der Waals surface area contributed by atoms with Crippen molar-refractivity contribution >= 4 is 40.5 Å². The molecule has 0 bridgehead atoms. The normalized spacial score (nSPS) is 14.1. The van der Waals surface area contributed by atoms with Gasteiger partial charge in [-0.2, -0.15) is 0 Å². The number of H-pyrrole nitrogens is 1. The number of nitrogens with one attached hydrogen (secondary N) is 4. The molecule has 0 saturated heterocycles. The molecule has 1 heterocycles. The van der Waals surface area contributed by atoms with Crippen LogP contribution in [0.3, 0.4) is 0 Å². The summed E-state index contributed by atoms with van der Waals surface area (Å²) >= 11 is 0. The van der Waals surface area contributed by atoms with Crippen molar-refractivity contribution in [3.05, 3.63) is 36.0 Å². The number of aliphatic hydroxyl groups excluding tert-OH is 1. The van der Waals surface area contributed by atoms with Crippen LogP contribution < -0.4 is 33.2 Å². The number of benzene rings is 1. The number of fused-ring (bicyclic) bond motifs is 1. The first-order chi connectivity index (χ1) is 18.6. The summed E-state index contributed by atoms with van der Waals surface area (Å²) in [5, 5.41) is 27.3. The monoisotopic (exact) mass is 547 g/mol. The van der Waals surface area contributed by atoms with Crippen molar-refractivity contribution in [1.82, 2.24) is 20.9 Å². The molecule has 4 amide bonds. The van der Waals surface area contributed by atoms with E-state index in [0.717, 1.165) is 10.9 Å². The zero-order chi connectivity index (χ0) is 28.9. The predicted octanol–water partition coefficient (Wildman–Crippen LogP) is -2.04. The van der Waals surface area contributed by atoms with E-state index >= 15 is 0 Å². The molecule has 39 heavy (non-hydrogen) atoms. The molecule has 0 aliphatic rings. The van der Waals surface area contributed by atoms with E-state index < -0.39 is 60.4 Å². The van der Waals surface area contributed by atoms with Crippen LogP contribution in [0.4, 0.5) is 0 Å². The lowest BCUT2D eigenvalue weighted by Crippen LogP contribution is -2.58. The highest BCUT2D eigenvalue weighted by molar-refractivity contribution is 5.94. The lowest BCUT2D eigenvalue weighted by atomic mass is 10.0. The van der Waals surface area contributed by atoms with E-state index in [-0.39, 0.29) is 19.3 Å². The highest BCUT2D eigenvalue weighted by Gasteiger charge is 2.30. The number of unbranched alkanes of at least 4 members (excludes halogenated alkanes) is 1. The fourth-order valence-corrected chi connectivity index (χ4v) is 3.93. The Morgan fingerprint density at radius 1 is 0.897 bits per heavy atom. The summed E-state index contributed by atoms with van der Waals surface area (Å²) in [6.07, 6.45) is 2.64. The molecule has 14 heteroatoms. The number of rotatable bonds is 17. The fourth-order valence-electron chi connectivity index (χ4n) is 3.93. The van der Waals surface area contributed by atoms with Crippen LogP contribution in [0.2, 0.25) is 0 Å². The number of nitrogens with two attached hydrogens (primary N) is 3. The van der Waals surface area contributed by atoms with Gasteiger partial charge in [-0.15, -0.1) is 0 Å². The molecule has 4 unspecified atom stereocenters. The minimum atomic E-state index is -1.44. The molecule has 12 N–H and O–H groups in total. The van der Waals surface area contributed by atoms with Gasteiger partial charge in [0.1, 0.15) is 18.1 Å². The lowest BCUT2D eigenvalue weighted by molar-refractivity contribution is -0.142. The van der Waals surface area contributed by atoms with Crippen LogP contribution in [0.15, 0.2) is 30.5 Å². The first-order valence-corrected chi connectivity index (χ1v) is 12.6. The Labute approximate surface area is 225 Å². The molecule has 0 aliphatic heterocycles. The molecule has 0 aliphatic carbocycles. The number of primary amides is 1. The maximum atomic E-state index is 13.1. The number of carboxylic acids is 1. The van der Waals surface area contributed by atoms with E-state index in [1.807, 2.05) is 18.2 Å². The second-order valence-corrected chi connectivity index (χ2v) is 9.16. The SMILES string of the molecule is NCCCCC(N)C(=O)NC(CO)C(=O)NC(CCC(N)=O)C(=O)NC(Cc1c[nH]c2ccccc12)C(=O)O. The number of aromatic nitrogens is 1. The number of carbonyl (C=O) groups excluding carboxylic acids is 4. The summed E-state index contributed by atoms with van der Waals surface area (Å²) in [6, 6.07) is 2.15. The van der Waals surface area contributed by atoms with Crippen LogP contribution in [0, 0.1) is 0 Å². The Balaban J connectivity index is 2.10. The third kappa shape index (κ3) is 9.67. The van der Waals surface area contributed by atoms with Gasteiger partial charge in [0.05, 0.1) is 12.6 Å². The van der Waals surface area contributed by atoms with Gasteiger partial charge in [-0.05, 0) is 37.4 Å². The average Bonchev–Trinajstić information content (AvgIpc) is 3.31. The molecule has 4 atom stereocenters. The van der Waals surface area contributed by atoms with Gasteiger partial charge < -0.3 is 48.3 Å². The van der Waals surface area contributed by atoms with Crippen molar-refractivity contribution in [2.75, 3.05) is 13.2 Å². The number of aliphatic hydroxyl groups is 1. The molecule has 0 spiro atoms. The third-order valence-corrected chi connectivity index (χ3v) is 6.15. The van der Waals surface area contributed by atoms with Crippen molar-refractivity contribution in [1.29, 1.82) is 0 Å². The standard InChI is InChI=1S/C25H37N7O7/c26-10-4-3-6-16(27)22(35)32-20(13-33)24(37)30-18(8-9-21(28)34)23(36)31-19(25(38)39)11-14-12-29-17-7-2-1-5-15(14)17/h1-2,5,7,12,16,18-20,29,33H,3-4,6,8-11,13,26-27H2,(H2,28,34)(H,30,37)(H,31,36)(H,32,35)(H,38,39). The van der Waals surface area contributed by atoms with Crippen molar-refractivity contribution in [3.63, 3.8) is 0 Å². The van der Waals surface area contributed by atoms with Gasteiger partial charge >= 0.3 is 5.97 Å². The number of hydrogen-bond donors (Lipinski definition) is 9.